The van der Waals surface area contributed by atoms with Crippen molar-refractivity contribution < 1.29 is 4.79 Å². The number of nitrogens with one attached hydrogen (secondary N) is 1. The number of hydrogen-bond donors (Lipinski definition) is 1. The van der Waals surface area contributed by atoms with Gasteiger partial charge in [-0.3, -0.25) is 4.79 Å². The summed E-state index contributed by atoms with van der Waals surface area (Å²) in [5.41, 5.74) is 2.88. The van der Waals surface area contributed by atoms with Crippen LogP contribution >= 0.6 is 15.9 Å². The number of aromatic amines is 1. The first-order chi connectivity index (χ1) is 8.25. The van der Waals surface area contributed by atoms with Crippen LogP contribution in [0.1, 0.15) is 16.1 Å². The number of carbonyl (C=O) groups excluding carboxylic acids is 1. The Kier molecular flexibility index (Phi) is 2.52. The second-order valence-electron chi connectivity index (χ2n) is 4.06. The van der Waals surface area contributed by atoms with Crippen LogP contribution in [0.15, 0.2) is 41.0 Å². The summed E-state index contributed by atoms with van der Waals surface area (Å²) in [5, 5.41) is 0. The van der Waals surface area contributed by atoms with Gasteiger partial charge in [-0.05, 0) is 42.3 Å². The Labute approximate surface area is 108 Å². The molecule has 3 nitrogen and oxygen atoms in total. The Bertz CT molecular complexity index is 563. The first-order valence-corrected chi connectivity index (χ1v) is 6.29. The number of fused-ring (bicyclic) bond motifs is 1. The number of halogens is 1. The fourth-order valence-electron chi connectivity index (χ4n) is 2.19. The highest BCUT2D eigenvalue weighted by molar-refractivity contribution is 9.10. The lowest BCUT2D eigenvalue weighted by Gasteiger charge is -2.16. The molecule has 1 aliphatic rings. The maximum absolute atomic E-state index is 12.2. The third-order valence-corrected chi connectivity index (χ3v) is 3.50. The van der Waals surface area contributed by atoms with Crippen molar-refractivity contribution in [2.75, 3.05) is 11.4 Å². The van der Waals surface area contributed by atoms with E-state index in [1.165, 1.54) is 5.56 Å². The van der Waals surface area contributed by atoms with Crippen molar-refractivity contribution in [3.8, 4) is 0 Å². The molecule has 0 aliphatic carbocycles. The van der Waals surface area contributed by atoms with Gasteiger partial charge in [-0.15, -0.1) is 0 Å². The molecule has 86 valence electrons. The van der Waals surface area contributed by atoms with E-state index in [1.807, 2.05) is 23.1 Å². The van der Waals surface area contributed by atoms with Gasteiger partial charge in [0.2, 0.25) is 0 Å². The van der Waals surface area contributed by atoms with Crippen LogP contribution in [-0.2, 0) is 6.42 Å². The van der Waals surface area contributed by atoms with Gasteiger partial charge in [-0.2, -0.15) is 0 Å². The van der Waals surface area contributed by atoms with Gasteiger partial charge in [-0.25, -0.2) is 0 Å². The fourth-order valence-corrected chi connectivity index (χ4v) is 2.60. The Morgan fingerprint density at radius 3 is 3.00 bits per heavy atom. The zero-order chi connectivity index (χ0) is 11.8. The quantitative estimate of drug-likeness (QED) is 0.861. The Hall–Kier alpha value is -1.55. The highest BCUT2D eigenvalue weighted by atomic mass is 79.9. The number of nitrogens with zero attached hydrogens (tertiary/aromatic N) is 1. The molecular formula is C13H11BrN2O. The van der Waals surface area contributed by atoms with Gasteiger partial charge < -0.3 is 9.88 Å². The van der Waals surface area contributed by atoms with Crippen molar-refractivity contribution in [2.45, 2.75) is 6.42 Å². The predicted molar refractivity (Wildman–Crippen MR) is 70.3 cm³/mol. The van der Waals surface area contributed by atoms with Crippen LogP contribution in [0.4, 0.5) is 5.69 Å². The molecule has 0 spiro atoms. The first kappa shape index (κ1) is 10.6. The number of H-pyrrole nitrogens is 1. The summed E-state index contributed by atoms with van der Waals surface area (Å²) in [6.45, 7) is 0.754. The lowest BCUT2D eigenvalue weighted by atomic mass is 10.2. The van der Waals surface area contributed by atoms with E-state index < -0.39 is 0 Å². The molecule has 4 heteroatoms. The van der Waals surface area contributed by atoms with Gasteiger partial charge in [0.1, 0.15) is 5.69 Å². The minimum absolute atomic E-state index is 0.0380. The van der Waals surface area contributed by atoms with E-state index in [1.54, 1.807) is 12.3 Å². The zero-order valence-electron chi connectivity index (χ0n) is 9.11. The summed E-state index contributed by atoms with van der Waals surface area (Å²) in [7, 11) is 0. The van der Waals surface area contributed by atoms with Gasteiger partial charge >= 0.3 is 0 Å². The normalized spacial score (nSPS) is 13.8. The van der Waals surface area contributed by atoms with Crippen LogP contribution in [0.5, 0.6) is 0 Å². The van der Waals surface area contributed by atoms with E-state index in [9.17, 15) is 4.79 Å². The summed E-state index contributed by atoms with van der Waals surface area (Å²) in [5.74, 6) is 0.0380. The average molecular weight is 291 g/mol. The molecule has 1 aromatic carbocycles. The third-order valence-electron chi connectivity index (χ3n) is 3.01. The molecule has 0 saturated heterocycles. The Morgan fingerprint density at radius 2 is 2.24 bits per heavy atom. The van der Waals surface area contributed by atoms with Crippen LogP contribution in [-0.4, -0.2) is 17.4 Å². The van der Waals surface area contributed by atoms with Gasteiger partial charge in [0.25, 0.3) is 5.91 Å². The van der Waals surface area contributed by atoms with Crippen LogP contribution in [0.3, 0.4) is 0 Å². The molecule has 0 unspecified atom stereocenters. The number of anilines is 1. The molecule has 1 amide bonds. The van der Waals surface area contributed by atoms with Crippen LogP contribution in [0.2, 0.25) is 0 Å². The highest BCUT2D eigenvalue weighted by Gasteiger charge is 2.25. The van der Waals surface area contributed by atoms with E-state index in [0.29, 0.717) is 5.69 Å². The molecule has 2 heterocycles. The molecular weight excluding hydrogens is 280 g/mol. The van der Waals surface area contributed by atoms with Crippen molar-refractivity contribution in [3.63, 3.8) is 0 Å². The zero-order valence-corrected chi connectivity index (χ0v) is 10.7. The largest absolute Gasteiger partial charge is 0.357 e. The molecule has 0 bridgehead atoms. The summed E-state index contributed by atoms with van der Waals surface area (Å²) < 4.78 is 1.06. The number of aromatic nitrogens is 1. The fraction of sp³-hybridized carbons (Fsp3) is 0.154. The number of hydrogen-bond acceptors (Lipinski definition) is 1. The van der Waals surface area contributed by atoms with Gasteiger partial charge in [0.05, 0.1) is 0 Å². The van der Waals surface area contributed by atoms with E-state index in [4.69, 9.17) is 0 Å². The van der Waals surface area contributed by atoms with E-state index in [0.717, 1.165) is 23.1 Å². The maximum atomic E-state index is 12.2. The van der Waals surface area contributed by atoms with Gasteiger partial charge in [-0.1, -0.05) is 15.9 Å². The van der Waals surface area contributed by atoms with Gasteiger partial charge in [0, 0.05) is 22.9 Å². The standard InChI is InChI=1S/C13H11BrN2O/c14-10-3-4-12-9(8-10)5-7-16(12)13(17)11-2-1-6-15-11/h1-4,6,8,15H,5,7H2. The number of rotatable bonds is 1. The molecule has 1 N–H and O–H groups in total. The monoisotopic (exact) mass is 290 g/mol. The summed E-state index contributed by atoms with van der Waals surface area (Å²) in [6.07, 6.45) is 2.69. The van der Waals surface area contributed by atoms with Crippen LogP contribution in [0.25, 0.3) is 0 Å². The predicted octanol–water partition coefficient (Wildman–Crippen LogP) is 2.98. The molecule has 0 atom stereocenters. The average Bonchev–Trinajstić information content (AvgIpc) is 2.96. The number of amides is 1. The van der Waals surface area contributed by atoms with Crippen LogP contribution < -0.4 is 4.90 Å². The molecule has 17 heavy (non-hydrogen) atoms. The van der Waals surface area contributed by atoms with E-state index in [-0.39, 0.29) is 5.91 Å². The van der Waals surface area contributed by atoms with Crippen molar-refractivity contribution in [2.24, 2.45) is 0 Å². The minimum Gasteiger partial charge on any atom is -0.357 e. The summed E-state index contributed by atoms with van der Waals surface area (Å²) >= 11 is 3.45. The summed E-state index contributed by atoms with van der Waals surface area (Å²) in [6, 6.07) is 9.69. The Balaban J connectivity index is 1.96. The SMILES string of the molecule is O=C(c1ccc[nH]1)N1CCc2cc(Br)ccc21. The van der Waals surface area contributed by atoms with Crippen molar-refractivity contribution in [3.05, 3.63) is 52.3 Å². The molecule has 0 fully saturated rings. The molecule has 1 aliphatic heterocycles. The summed E-state index contributed by atoms with van der Waals surface area (Å²) in [4.78, 5) is 17.0. The molecule has 2 aromatic rings. The molecule has 3 rings (SSSR count). The van der Waals surface area contributed by atoms with E-state index in [2.05, 4.69) is 27.0 Å². The molecule has 0 saturated carbocycles. The Morgan fingerprint density at radius 1 is 1.35 bits per heavy atom. The van der Waals surface area contributed by atoms with Crippen LogP contribution in [0, 0.1) is 0 Å². The molecule has 0 radical (unpaired) electrons. The lowest BCUT2D eigenvalue weighted by molar-refractivity contribution is 0.0985. The van der Waals surface area contributed by atoms with E-state index >= 15 is 0 Å². The highest BCUT2D eigenvalue weighted by Crippen LogP contribution is 2.31. The molecule has 1 aromatic heterocycles. The first-order valence-electron chi connectivity index (χ1n) is 5.49. The topological polar surface area (TPSA) is 36.1 Å². The number of carbonyl (C=O) groups is 1. The second-order valence-corrected chi connectivity index (χ2v) is 4.98. The number of benzene rings is 1. The van der Waals surface area contributed by atoms with Crippen molar-refractivity contribution in [1.82, 2.24) is 4.98 Å². The lowest BCUT2D eigenvalue weighted by Crippen LogP contribution is -2.29. The smallest absolute Gasteiger partial charge is 0.274 e. The van der Waals surface area contributed by atoms with Crippen molar-refractivity contribution in [1.29, 1.82) is 0 Å². The maximum Gasteiger partial charge on any atom is 0.274 e. The second kappa shape index (κ2) is 4.04. The third kappa shape index (κ3) is 1.78. The minimum atomic E-state index is 0.0380. The van der Waals surface area contributed by atoms with Gasteiger partial charge in [0.15, 0.2) is 0 Å². The van der Waals surface area contributed by atoms with Crippen molar-refractivity contribution >= 4 is 27.5 Å².